The molecule has 0 bridgehead atoms. The topological polar surface area (TPSA) is 28.7 Å². The Bertz CT molecular complexity index is 768. The van der Waals surface area contributed by atoms with Crippen molar-refractivity contribution in [3.63, 3.8) is 0 Å². The summed E-state index contributed by atoms with van der Waals surface area (Å²) in [7, 11) is 0. The van der Waals surface area contributed by atoms with Crippen molar-refractivity contribution in [2.45, 2.75) is 40.2 Å². The summed E-state index contributed by atoms with van der Waals surface area (Å²) in [6.45, 7) is 10.5. The first-order valence-electron chi connectivity index (χ1n) is 7.32. The highest BCUT2D eigenvalue weighted by atomic mass is 19.1. The van der Waals surface area contributed by atoms with Crippen LogP contribution in [0, 0.1) is 31.0 Å². The molecule has 0 radical (unpaired) electrons. The molecule has 0 unspecified atom stereocenters. The van der Waals surface area contributed by atoms with Gasteiger partial charge in [0.05, 0.1) is 11.6 Å². The summed E-state index contributed by atoms with van der Waals surface area (Å²) in [6.07, 6.45) is 1.77. The minimum absolute atomic E-state index is 0.0366. The van der Waals surface area contributed by atoms with Crippen molar-refractivity contribution in [2.24, 2.45) is 0 Å². The second kappa shape index (κ2) is 5.81. The fourth-order valence-corrected chi connectivity index (χ4v) is 2.97. The van der Waals surface area contributed by atoms with Crippen LogP contribution in [-0.2, 0) is 5.54 Å². The molecule has 1 heterocycles. The van der Waals surface area contributed by atoms with E-state index in [1.165, 1.54) is 6.07 Å². The van der Waals surface area contributed by atoms with Gasteiger partial charge in [0.2, 0.25) is 0 Å². The van der Waals surface area contributed by atoms with Crippen molar-refractivity contribution in [2.75, 3.05) is 0 Å². The average molecular weight is 296 g/mol. The lowest BCUT2D eigenvalue weighted by molar-refractivity contribution is 0.383. The van der Waals surface area contributed by atoms with E-state index < -0.39 is 0 Å². The van der Waals surface area contributed by atoms with E-state index in [1.54, 1.807) is 24.3 Å². The third-order valence-electron chi connectivity index (χ3n) is 3.73. The van der Waals surface area contributed by atoms with E-state index in [-0.39, 0.29) is 11.4 Å². The summed E-state index contributed by atoms with van der Waals surface area (Å²) >= 11 is 0. The van der Waals surface area contributed by atoms with E-state index in [2.05, 4.69) is 31.4 Å². The second-order valence-electron chi connectivity index (χ2n) is 6.48. The molecule has 0 spiro atoms. The van der Waals surface area contributed by atoms with E-state index in [9.17, 15) is 9.65 Å². The summed E-state index contributed by atoms with van der Waals surface area (Å²) in [5.74, 6) is -0.375. The van der Waals surface area contributed by atoms with Crippen LogP contribution < -0.4 is 0 Å². The van der Waals surface area contributed by atoms with Crippen molar-refractivity contribution in [3.8, 4) is 6.07 Å². The molecule has 0 aliphatic rings. The molecular formula is C19H21FN2. The number of nitriles is 1. The molecule has 1 aromatic carbocycles. The number of aromatic nitrogens is 1. The maximum Gasteiger partial charge on any atom is 0.131 e. The van der Waals surface area contributed by atoms with Gasteiger partial charge in [-0.2, -0.15) is 5.26 Å². The van der Waals surface area contributed by atoms with Gasteiger partial charge in [0, 0.05) is 22.5 Å². The summed E-state index contributed by atoms with van der Waals surface area (Å²) in [5.41, 5.74) is 3.80. The molecule has 2 aromatic rings. The zero-order chi connectivity index (χ0) is 16.5. The summed E-state index contributed by atoms with van der Waals surface area (Å²) in [6, 6.07) is 10.5. The maximum atomic E-state index is 13.9. The van der Waals surface area contributed by atoms with Crippen LogP contribution in [0.5, 0.6) is 0 Å². The SMILES string of the molecule is Cc1cc(/C=C(/C#N)c2ccccc2F)c(C)n1C(C)(C)C. The van der Waals surface area contributed by atoms with Crippen molar-refractivity contribution >= 4 is 11.6 Å². The number of halogens is 1. The standard InChI is InChI=1S/C19H21FN2/c1-13-10-15(14(2)22(13)19(3,4)5)11-16(12-21)17-8-6-7-9-18(17)20/h6-11H,1-5H3/b16-11-. The van der Waals surface area contributed by atoms with E-state index >= 15 is 0 Å². The van der Waals surface area contributed by atoms with E-state index in [4.69, 9.17) is 0 Å². The quantitative estimate of drug-likeness (QED) is 0.712. The minimum atomic E-state index is -0.375. The highest BCUT2D eigenvalue weighted by molar-refractivity contribution is 5.90. The molecule has 0 fully saturated rings. The number of benzene rings is 1. The van der Waals surface area contributed by atoms with Crippen molar-refractivity contribution in [1.82, 2.24) is 4.57 Å². The van der Waals surface area contributed by atoms with Gasteiger partial charge in [-0.05, 0) is 58.4 Å². The molecule has 0 saturated heterocycles. The number of rotatable bonds is 2. The molecule has 0 aliphatic heterocycles. The number of nitrogens with zero attached hydrogens (tertiary/aromatic N) is 2. The van der Waals surface area contributed by atoms with Gasteiger partial charge in [-0.25, -0.2) is 4.39 Å². The predicted octanol–water partition coefficient (Wildman–Crippen LogP) is 5.06. The summed E-state index contributed by atoms with van der Waals surface area (Å²) in [4.78, 5) is 0. The lowest BCUT2D eigenvalue weighted by Crippen LogP contribution is -2.24. The number of hydrogen-bond donors (Lipinski definition) is 0. The van der Waals surface area contributed by atoms with Crippen molar-refractivity contribution in [1.29, 1.82) is 5.26 Å². The van der Waals surface area contributed by atoms with Crippen LogP contribution >= 0.6 is 0 Å². The number of allylic oxidation sites excluding steroid dienone is 1. The Hall–Kier alpha value is -2.34. The van der Waals surface area contributed by atoms with Crippen molar-refractivity contribution < 1.29 is 4.39 Å². The highest BCUT2D eigenvalue weighted by Gasteiger charge is 2.19. The van der Waals surface area contributed by atoms with Gasteiger partial charge < -0.3 is 4.57 Å². The average Bonchev–Trinajstić information content (AvgIpc) is 2.71. The zero-order valence-corrected chi connectivity index (χ0v) is 13.7. The first-order chi connectivity index (χ1) is 10.3. The molecule has 0 saturated carbocycles. The normalized spacial score (nSPS) is 12.3. The Morgan fingerprint density at radius 2 is 1.86 bits per heavy atom. The Morgan fingerprint density at radius 1 is 1.23 bits per heavy atom. The Labute approximate surface area is 131 Å². The van der Waals surface area contributed by atoms with Gasteiger partial charge in [-0.3, -0.25) is 0 Å². The molecule has 1 aromatic heterocycles. The van der Waals surface area contributed by atoms with Gasteiger partial charge in [-0.1, -0.05) is 18.2 Å². The lowest BCUT2D eigenvalue weighted by atomic mass is 10.0. The zero-order valence-electron chi connectivity index (χ0n) is 13.7. The molecule has 2 nitrogen and oxygen atoms in total. The molecule has 0 atom stereocenters. The van der Waals surface area contributed by atoms with Gasteiger partial charge in [0.15, 0.2) is 0 Å². The van der Waals surface area contributed by atoms with Gasteiger partial charge in [0.1, 0.15) is 5.82 Å². The van der Waals surface area contributed by atoms with Crippen LogP contribution in [0.2, 0.25) is 0 Å². The number of hydrogen-bond acceptors (Lipinski definition) is 1. The Morgan fingerprint density at radius 3 is 2.36 bits per heavy atom. The molecule has 0 aliphatic carbocycles. The molecular weight excluding hydrogens is 275 g/mol. The predicted molar refractivity (Wildman–Crippen MR) is 88.8 cm³/mol. The Kier molecular flexibility index (Phi) is 4.23. The molecule has 3 heteroatoms. The monoisotopic (exact) mass is 296 g/mol. The molecule has 114 valence electrons. The van der Waals surface area contributed by atoms with Crippen molar-refractivity contribution in [3.05, 3.63) is 58.7 Å². The smallest absolute Gasteiger partial charge is 0.131 e. The maximum absolute atomic E-state index is 13.9. The summed E-state index contributed by atoms with van der Waals surface area (Å²) < 4.78 is 16.1. The molecule has 0 N–H and O–H groups in total. The largest absolute Gasteiger partial charge is 0.343 e. The first-order valence-corrected chi connectivity index (χ1v) is 7.32. The van der Waals surface area contributed by atoms with Gasteiger partial charge in [0.25, 0.3) is 0 Å². The molecule has 0 amide bonds. The van der Waals surface area contributed by atoms with Gasteiger partial charge in [-0.15, -0.1) is 0 Å². The third kappa shape index (κ3) is 2.96. The minimum Gasteiger partial charge on any atom is -0.343 e. The van der Waals surface area contributed by atoms with E-state index in [1.807, 2.05) is 19.9 Å². The van der Waals surface area contributed by atoms with Crippen LogP contribution in [0.1, 0.15) is 43.3 Å². The highest BCUT2D eigenvalue weighted by Crippen LogP contribution is 2.28. The Balaban J connectivity index is 2.58. The third-order valence-corrected chi connectivity index (χ3v) is 3.73. The summed E-state index contributed by atoms with van der Waals surface area (Å²) in [5, 5.41) is 9.40. The van der Waals surface area contributed by atoms with Crippen LogP contribution in [0.25, 0.3) is 11.6 Å². The van der Waals surface area contributed by atoms with Crippen LogP contribution in [0.15, 0.2) is 30.3 Å². The first kappa shape index (κ1) is 16.0. The van der Waals surface area contributed by atoms with E-state index in [0.717, 1.165) is 17.0 Å². The fraction of sp³-hybridized carbons (Fsp3) is 0.316. The number of aryl methyl sites for hydroxylation is 1. The van der Waals surface area contributed by atoms with Crippen LogP contribution in [0.4, 0.5) is 4.39 Å². The molecule has 22 heavy (non-hydrogen) atoms. The second-order valence-corrected chi connectivity index (χ2v) is 6.48. The van der Waals surface area contributed by atoms with Gasteiger partial charge >= 0.3 is 0 Å². The lowest BCUT2D eigenvalue weighted by Gasteiger charge is -2.25. The fourth-order valence-electron chi connectivity index (χ4n) is 2.97. The molecule has 2 rings (SSSR count). The van der Waals surface area contributed by atoms with Crippen LogP contribution in [-0.4, -0.2) is 4.57 Å². The van der Waals surface area contributed by atoms with E-state index in [0.29, 0.717) is 11.1 Å². The van der Waals surface area contributed by atoms with Crippen LogP contribution in [0.3, 0.4) is 0 Å².